The second kappa shape index (κ2) is 10.3. The number of nitrogens with one attached hydrogen (secondary N) is 1. The van der Waals surface area contributed by atoms with Crippen LogP contribution in [0.3, 0.4) is 0 Å². The maximum absolute atomic E-state index is 12.3. The first-order valence-electron chi connectivity index (χ1n) is 10.1. The van der Waals surface area contributed by atoms with Crippen LogP contribution in [0, 0.1) is 13.8 Å². The van der Waals surface area contributed by atoms with E-state index in [9.17, 15) is 9.59 Å². The van der Waals surface area contributed by atoms with Crippen LogP contribution in [0.15, 0.2) is 42.5 Å². The highest BCUT2D eigenvalue weighted by Crippen LogP contribution is 2.19. The molecule has 0 saturated carbocycles. The number of halogens is 1. The zero-order valence-corrected chi connectivity index (χ0v) is 18.1. The molecule has 1 aliphatic heterocycles. The highest BCUT2D eigenvalue weighted by Gasteiger charge is 2.24. The van der Waals surface area contributed by atoms with Crippen LogP contribution in [0.2, 0.25) is 5.02 Å². The van der Waals surface area contributed by atoms with E-state index in [0.717, 1.165) is 16.9 Å². The third-order valence-electron chi connectivity index (χ3n) is 5.08. The Morgan fingerprint density at radius 2 is 1.73 bits per heavy atom. The molecule has 1 saturated heterocycles. The molecule has 7 heteroatoms. The van der Waals surface area contributed by atoms with Crippen molar-refractivity contribution in [2.24, 2.45) is 0 Å². The van der Waals surface area contributed by atoms with Crippen LogP contribution in [0.25, 0.3) is 0 Å². The van der Waals surface area contributed by atoms with Gasteiger partial charge in [-0.2, -0.15) is 0 Å². The topological polar surface area (TPSA) is 67.9 Å². The minimum absolute atomic E-state index is 0.0115. The molecule has 0 aromatic heterocycles. The summed E-state index contributed by atoms with van der Waals surface area (Å²) in [4.78, 5) is 26.3. The molecule has 1 N–H and O–H groups in total. The SMILES string of the molecule is Cc1ccc(OCC(=O)NC2CCN(C(=O)COc3ccc(Cl)cc3)CC2)c(C)c1. The number of carbonyl (C=O) groups excluding carboxylic acids is 2. The fourth-order valence-electron chi connectivity index (χ4n) is 3.41. The number of hydrogen-bond acceptors (Lipinski definition) is 4. The molecule has 1 heterocycles. The van der Waals surface area contributed by atoms with Gasteiger partial charge in [-0.25, -0.2) is 0 Å². The average molecular weight is 431 g/mol. The Hall–Kier alpha value is -2.73. The number of hydrogen-bond donors (Lipinski definition) is 1. The Kier molecular flexibility index (Phi) is 7.57. The van der Waals surface area contributed by atoms with E-state index in [-0.39, 0.29) is 31.1 Å². The van der Waals surface area contributed by atoms with Gasteiger partial charge in [0, 0.05) is 24.2 Å². The van der Waals surface area contributed by atoms with Crippen molar-refractivity contribution in [2.45, 2.75) is 32.7 Å². The summed E-state index contributed by atoms with van der Waals surface area (Å²) in [5.41, 5.74) is 2.17. The Morgan fingerprint density at radius 3 is 2.40 bits per heavy atom. The molecule has 0 bridgehead atoms. The highest BCUT2D eigenvalue weighted by atomic mass is 35.5. The lowest BCUT2D eigenvalue weighted by molar-refractivity contribution is -0.134. The number of amides is 2. The number of nitrogens with zero attached hydrogens (tertiary/aromatic N) is 1. The van der Waals surface area contributed by atoms with Gasteiger partial charge in [0.1, 0.15) is 11.5 Å². The Balaban J connectivity index is 1.36. The normalized spacial score (nSPS) is 14.3. The fourth-order valence-corrected chi connectivity index (χ4v) is 3.54. The minimum atomic E-state index is -0.147. The van der Waals surface area contributed by atoms with Gasteiger partial charge in [-0.3, -0.25) is 9.59 Å². The molecule has 0 unspecified atom stereocenters. The van der Waals surface area contributed by atoms with Gasteiger partial charge in [0.05, 0.1) is 0 Å². The number of benzene rings is 2. The molecule has 0 aliphatic carbocycles. The van der Waals surface area contributed by atoms with Crippen LogP contribution >= 0.6 is 11.6 Å². The van der Waals surface area contributed by atoms with E-state index in [0.29, 0.717) is 36.7 Å². The van der Waals surface area contributed by atoms with E-state index < -0.39 is 0 Å². The molecule has 2 aromatic rings. The minimum Gasteiger partial charge on any atom is -0.484 e. The van der Waals surface area contributed by atoms with Crippen LogP contribution in [-0.4, -0.2) is 49.1 Å². The van der Waals surface area contributed by atoms with Gasteiger partial charge in [0.15, 0.2) is 13.2 Å². The molecule has 160 valence electrons. The summed E-state index contributed by atoms with van der Waals surface area (Å²) in [7, 11) is 0. The monoisotopic (exact) mass is 430 g/mol. The number of likely N-dealkylation sites (tertiary alicyclic amines) is 1. The van der Waals surface area contributed by atoms with Gasteiger partial charge in [0.25, 0.3) is 11.8 Å². The van der Waals surface area contributed by atoms with Gasteiger partial charge in [-0.15, -0.1) is 0 Å². The van der Waals surface area contributed by atoms with Crippen molar-refractivity contribution < 1.29 is 19.1 Å². The third-order valence-corrected chi connectivity index (χ3v) is 5.33. The van der Waals surface area contributed by atoms with Crippen molar-refractivity contribution in [3.8, 4) is 11.5 Å². The Morgan fingerprint density at radius 1 is 1.03 bits per heavy atom. The number of ether oxygens (including phenoxy) is 2. The molecule has 2 amide bonds. The van der Waals surface area contributed by atoms with Crippen LogP contribution in [0.5, 0.6) is 11.5 Å². The molecular formula is C23H27ClN2O4. The summed E-state index contributed by atoms with van der Waals surface area (Å²) in [6.45, 7) is 5.13. The first-order valence-corrected chi connectivity index (χ1v) is 10.4. The zero-order chi connectivity index (χ0) is 21.5. The molecule has 30 heavy (non-hydrogen) atoms. The largest absolute Gasteiger partial charge is 0.484 e. The van der Waals surface area contributed by atoms with Crippen LogP contribution in [0.1, 0.15) is 24.0 Å². The van der Waals surface area contributed by atoms with Crippen LogP contribution < -0.4 is 14.8 Å². The molecule has 3 rings (SSSR count). The maximum Gasteiger partial charge on any atom is 0.260 e. The van der Waals surface area contributed by atoms with Crippen LogP contribution in [0.4, 0.5) is 0 Å². The van der Waals surface area contributed by atoms with Gasteiger partial charge < -0.3 is 19.7 Å². The fraction of sp³-hybridized carbons (Fsp3) is 0.391. The summed E-state index contributed by atoms with van der Waals surface area (Å²) >= 11 is 5.84. The van der Waals surface area contributed by atoms with E-state index in [1.165, 1.54) is 0 Å². The molecule has 6 nitrogen and oxygen atoms in total. The van der Waals surface area contributed by atoms with E-state index in [1.807, 2.05) is 32.0 Å². The number of carbonyl (C=O) groups is 2. The molecule has 1 aliphatic rings. The van der Waals surface area contributed by atoms with Crippen molar-refractivity contribution >= 4 is 23.4 Å². The lowest BCUT2D eigenvalue weighted by atomic mass is 10.1. The summed E-state index contributed by atoms with van der Waals surface area (Å²) in [5.74, 6) is 1.12. The number of aryl methyl sites for hydroxylation is 2. The smallest absolute Gasteiger partial charge is 0.260 e. The van der Waals surface area contributed by atoms with Gasteiger partial charge >= 0.3 is 0 Å². The first kappa shape index (κ1) is 22.0. The summed E-state index contributed by atoms with van der Waals surface area (Å²) in [6, 6.07) is 12.8. The van der Waals surface area contributed by atoms with Crippen molar-refractivity contribution in [1.82, 2.24) is 10.2 Å². The standard InChI is InChI=1S/C23H27ClN2O4/c1-16-3-8-21(17(2)13-16)30-14-22(27)25-19-9-11-26(12-10-19)23(28)15-29-20-6-4-18(24)5-7-20/h3-8,13,19H,9-12,14-15H2,1-2H3,(H,25,27). The Labute approximate surface area is 182 Å². The summed E-state index contributed by atoms with van der Waals surface area (Å²) < 4.78 is 11.2. The van der Waals surface area contributed by atoms with Gasteiger partial charge in [-0.1, -0.05) is 29.3 Å². The average Bonchev–Trinajstić information content (AvgIpc) is 2.73. The van der Waals surface area contributed by atoms with Gasteiger partial charge in [0.2, 0.25) is 0 Å². The van der Waals surface area contributed by atoms with E-state index in [1.54, 1.807) is 29.2 Å². The number of rotatable bonds is 7. The van der Waals surface area contributed by atoms with Crippen LogP contribution in [-0.2, 0) is 9.59 Å². The maximum atomic E-state index is 12.3. The Bertz CT molecular complexity index is 877. The number of piperidine rings is 1. The summed E-state index contributed by atoms with van der Waals surface area (Å²) in [6.07, 6.45) is 1.42. The summed E-state index contributed by atoms with van der Waals surface area (Å²) in [5, 5.41) is 3.62. The molecule has 1 fully saturated rings. The van der Waals surface area contributed by atoms with Crippen molar-refractivity contribution in [3.63, 3.8) is 0 Å². The first-order chi connectivity index (χ1) is 14.4. The third kappa shape index (κ3) is 6.39. The predicted octanol–water partition coefficient (Wildman–Crippen LogP) is 3.52. The quantitative estimate of drug-likeness (QED) is 0.729. The zero-order valence-electron chi connectivity index (χ0n) is 17.3. The molecule has 0 radical (unpaired) electrons. The lowest BCUT2D eigenvalue weighted by Gasteiger charge is -2.32. The molecule has 0 spiro atoms. The molecular weight excluding hydrogens is 404 g/mol. The molecule has 0 atom stereocenters. The van der Waals surface area contributed by atoms with E-state index in [4.69, 9.17) is 21.1 Å². The van der Waals surface area contributed by atoms with Crippen molar-refractivity contribution in [2.75, 3.05) is 26.3 Å². The van der Waals surface area contributed by atoms with Gasteiger partial charge in [-0.05, 0) is 62.6 Å². The lowest BCUT2D eigenvalue weighted by Crippen LogP contribution is -2.48. The van der Waals surface area contributed by atoms with Crippen molar-refractivity contribution in [3.05, 3.63) is 58.6 Å². The van der Waals surface area contributed by atoms with E-state index in [2.05, 4.69) is 5.32 Å². The second-order valence-electron chi connectivity index (χ2n) is 7.52. The molecule has 2 aromatic carbocycles. The predicted molar refractivity (Wildman–Crippen MR) is 116 cm³/mol. The van der Waals surface area contributed by atoms with E-state index >= 15 is 0 Å². The second-order valence-corrected chi connectivity index (χ2v) is 7.96. The highest BCUT2D eigenvalue weighted by molar-refractivity contribution is 6.30. The van der Waals surface area contributed by atoms with Crippen molar-refractivity contribution in [1.29, 1.82) is 0 Å².